The minimum absolute atomic E-state index is 0.178. The topological polar surface area (TPSA) is 85.8 Å². The highest BCUT2D eigenvalue weighted by atomic mass is 32.1. The maximum absolute atomic E-state index is 11.8. The van der Waals surface area contributed by atoms with E-state index in [0.29, 0.717) is 22.6 Å². The molecule has 96 valence electrons. The van der Waals surface area contributed by atoms with Gasteiger partial charge in [0.2, 0.25) is 0 Å². The van der Waals surface area contributed by atoms with E-state index in [-0.39, 0.29) is 5.91 Å². The van der Waals surface area contributed by atoms with Crippen LogP contribution >= 0.6 is 11.3 Å². The van der Waals surface area contributed by atoms with Gasteiger partial charge in [0.25, 0.3) is 5.91 Å². The molecule has 0 aromatic carbocycles. The Morgan fingerprint density at radius 3 is 2.94 bits per heavy atom. The van der Waals surface area contributed by atoms with Crippen LogP contribution in [0.15, 0.2) is 18.6 Å². The van der Waals surface area contributed by atoms with Crippen LogP contribution in [0.25, 0.3) is 0 Å². The van der Waals surface area contributed by atoms with Gasteiger partial charge in [0, 0.05) is 18.4 Å². The van der Waals surface area contributed by atoms with Crippen LogP contribution in [0.5, 0.6) is 0 Å². The summed E-state index contributed by atoms with van der Waals surface area (Å²) < 4.78 is 2.02. The van der Waals surface area contributed by atoms with Crippen LogP contribution in [0.4, 0.5) is 5.13 Å². The number of rotatable bonds is 4. The predicted octanol–water partition coefficient (Wildman–Crippen LogP) is 1.43. The molecule has 2 aromatic heterocycles. The Morgan fingerprint density at radius 2 is 2.33 bits per heavy atom. The molecule has 0 spiro atoms. The van der Waals surface area contributed by atoms with Crippen molar-refractivity contribution in [2.75, 3.05) is 5.73 Å². The number of carbonyl (C=O) groups excluding carboxylic acids is 1. The molecular weight excluding hydrogens is 250 g/mol. The SMILES string of the molecule is CC(C)n1ccnc1CNC(=O)c1cnc(N)s1. The van der Waals surface area contributed by atoms with Crippen LogP contribution < -0.4 is 11.1 Å². The molecule has 0 radical (unpaired) electrons. The van der Waals surface area contributed by atoms with Crippen LogP contribution in [-0.2, 0) is 6.54 Å². The highest BCUT2D eigenvalue weighted by Crippen LogP contribution is 2.14. The Kier molecular flexibility index (Phi) is 3.61. The number of amides is 1. The minimum Gasteiger partial charge on any atom is -0.375 e. The fraction of sp³-hybridized carbons (Fsp3) is 0.364. The molecule has 7 heteroatoms. The van der Waals surface area contributed by atoms with Gasteiger partial charge in [-0.05, 0) is 13.8 Å². The number of aromatic nitrogens is 3. The number of nitrogen functional groups attached to an aromatic ring is 1. The van der Waals surface area contributed by atoms with E-state index in [2.05, 4.69) is 29.1 Å². The predicted molar refractivity (Wildman–Crippen MR) is 70.3 cm³/mol. The van der Waals surface area contributed by atoms with Crippen molar-refractivity contribution in [3.63, 3.8) is 0 Å². The average molecular weight is 265 g/mol. The molecular formula is C11H15N5OS. The van der Waals surface area contributed by atoms with Gasteiger partial charge in [0.1, 0.15) is 10.7 Å². The Hall–Kier alpha value is -1.89. The van der Waals surface area contributed by atoms with E-state index in [9.17, 15) is 4.79 Å². The van der Waals surface area contributed by atoms with E-state index in [1.54, 1.807) is 6.20 Å². The highest BCUT2D eigenvalue weighted by molar-refractivity contribution is 7.17. The molecule has 0 saturated heterocycles. The van der Waals surface area contributed by atoms with Gasteiger partial charge in [-0.1, -0.05) is 11.3 Å². The second-order valence-electron chi connectivity index (χ2n) is 4.09. The van der Waals surface area contributed by atoms with Gasteiger partial charge in [-0.25, -0.2) is 9.97 Å². The molecule has 0 aliphatic rings. The van der Waals surface area contributed by atoms with Gasteiger partial charge in [0.15, 0.2) is 5.13 Å². The molecule has 3 N–H and O–H groups in total. The molecule has 6 nitrogen and oxygen atoms in total. The molecule has 18 heavy (non-hydrogen) atoms. The number of hydrogen-bond acceptors (Lipinski definition) is 5. The zero-order valence-electron chi connectivity index (χ0n) is 10.3. The Labute approximate surface area is 109 Å². The van der Waals surface area contributed by atoms with Crippen LogP contribution in [0.2, 0.25) is 0 Å². The first-order valence-electron chi connectivity index (χ1n) is 5.59. The normalized spacial score (nSPS) is 10.8. The van der Waals surface area contributed by atoms with Gasteiger partial charge < -0.3 is 15.6 Å². The summed E-state index contributed by atoms with van der Waals surface area (Å²) in [6, 6.07) is 0.318. The monoisotopic (exact) mass is 265 g/mol. The maximum Gasteiger partial charge on any atom is 0.263 e. The first-order chi connectivity index (χ1) is 8.58. The minimum atomic E-state index is -0.178. The number of thiazole rings is 1. The molecule has 0 aliphatic carbocycles. The van der Waals surface area contributed by atoms with E-state index < -0.39 is 0 Å². The largest absolute Gasteiger partial charge is 0.375 e. The van der Waals surface area contributed by atoms with Crippen molar-refractivity contribution in [1.29, 1.82) is 0 Å². The molecule has 2 rings (SSSR count). The zero-order valence-corrected chi connectivity index (χ0v) is 11.1. The second-order valence-corrected chi connectivity index (χ2v) is 5.15. The van der Waals surface area contributed by atoms with Crippen molar-refractivity contribution >= 4 is 22.4 Å². The lowest BCUT2D eigenvalue weighted by atomic mass is 10.4. The number of carbonyl (C=O) groups is 1. The number of hydrogen-bond donors (Lipinski definition) is 2. The molecule has 1 amide bonds. The molecule has 0 saturated carbocycles. The molecule has 2 heterocycles. The van der Waals surface area contributed by atoms with Gasteiger partial charge >= 0.3 is 0 Å². The van der Waals surface area contributed by atoms with E-state index in [4.69, 9.17) is 5.73 Å². The van der Waals surface area contributed by atoms with Crippen molar-refractivity contribution in [2.24, 2.45) is 0 Å². The molecule has 2 aromatic rings. The Morgan fingerprint density at radius 1 is 1.56 bits per heavy atom. The van der Waals surface area contributed by atoms with E-state index in [0.717, 1.165) is 5.82 Å². The van der Waals surface area contributed by atoms with Crippen molar-refractivity contribution in [3.8, 4) is 0 Å². The fourth-order valence-corrected chi connectivity index (χ4v) is 2.19. The molecule has 0 bridgehead atoms. The number of anilines is 1. The van der Waals surface area contributed by atoms with E-state index >= 15 is 0 Å². The highest BCUT2D eigenvalue weighted by Gasteiger charge is 2.11. The van der Waals surface area contributed by atoms with Crippen molar-refractivity contribution in [1.82, 2.24) is 19.9 Å². The molecule has 0 atom stereocenters. The van der Waals surface area contributed by atoms with Gasteiger partial charge in [0.05, 0.1) is 12.7 Å². The van der Waals surface area contributed by atoms with Gasteiger partial charge in [-0.3, -0.25) is 4.79 Å². The van der Waals surface area contributed by atoms with Gasteiger partial charge in [-0.15, -0.1) is 0 Å². The van der Waals surface area contributed by atoms with Gasteiger partial charge in [-0.2, -0.15) is 0 Å². The molecule has 0 unspecified atom stereocenters. The summed E-state index contributed by atoms with van der Waals surface area (Å²) in [5.74, 6) is 0.651. The molecule has 0 fully saturated rings. The summed E-state index contributed by atoms with van der Waals surface area (Å²) in [4.78, 5) is 20.4. The number of nitrogens with one attached hydrogen (secondary N) is 1. The van der Waals surface area contributed by atoms with Crippen LogP contribution in [0.3, 0.4) is 0 Å². The maximum atomic E-state index is 11.8. The van der Waals surface area contributed by atoms with Crippen molar-refractivity contribution < 1.29 is 4.79 Å². The summed E-state index contributed by atoms with van der Waals surface area (Å²) in [7, 11) is 0. The summed E-state index contributed by atoms with van der Waals surface area (Å²) >= 11 is 1.17. The fourth-order valence-electron chi connectivity index (χ4n) is 1.59. The quantitative estimate of drug-likeness (QED) is 0.875. The lowest BCUT2D eigenvalue weighted by Crippen LogP contribution is -2.24. The van der Waals surface area contributed by atoms with Crippen LogP contribution in [0.1, 0.15) is 35.4 Å². The van der Waals surface area contributed by atoms with E-state index in [1.165, 1.54) is 17.5 Å². The number of nitrogens with zero attached hydrogens (tertiary/aromatic N) is 3. The van der Waals surface area contributed by atoms with E-state index in [1.807, 2.05) is 10.8 Å². The third-order valence-electron chi connectivity index (χ3n) is 2.46. The standard InChI is InChI=1S/C11H15N5OS/c1-7(2)16-4-3-13-9(16)6-14-10(17)8-5-15-11(12)18-8/h3-5,7H,6H2,1-2H3,(H2,12,15)(H,14,17). The first kappa shape index (κ1) is 12.6. The third kappa shape index (κ3) is 2.67. The van der Waals surface area contributed by atoms with Crippen molar-refractivity contribution in [3.05, 3.63) is 29.3 Å². The Bertz CT molecular complexity index is 545. The summed E-state index contributed by atoms with van der Waals surface area (Å²) in [5, 5.41) is 3.19. The second kappa shape index (κ2) is 5.18. The van der Waals surface area contributed by atoms with Crippen LogP contribution in [0, 0.1) is 0 Å². The van der Waals surface area contributed by atoms with Crippen molar-refractivity contribution in [2.45, 2.75) is 26.4 Å². The smallest absolute Gasteiger partial charge is 0.263 e. The lowest BCUT2D eigenvalue weighted by molar-refractivity contribution is 0.0953. The third-order valence-corrected chi connectivity index (χ3v) is 3.28. The van der Waals surface area contributed by atoms with Crippen LogP contribution in [-0.4, -0.2) is 20.4 Å². The molecule has 0 aliphatic heterocycles. The average Bonchev–Trinajstić information content (AvgIpc) is 2.94. The summed E-state index contributed by atoms with van der Waals surface area (Å²) in [6.45, 7) is 4.52. The zero-order chi connectivity index (χ0) is 13.1. The summed E-state index contributed by atoms with van der Waals surface area (Å²) in [5.41, 5.74) is 5.48. The number of nitrogens with two attached hydrogens (primary N) is 1. The Balaban J connectivity index is 1.99. The summed E-state index contributed by atoms with van der Waals surface area (Å²) in [6.07, 6.45) is 5.10. The number of imidazole rings is 1. The lowest BCUT2D eigenvalue weighted by Gasteiger charge is -2.11. The first-order valence-corrected chi connectivity index (χ1v) is 6.40.